The van der Waals surface area contributed by atoms with Gasteiger partial charge in [0.1, 0.15) is 11.8 Å². The summed E-state index contributed by atoms with van der Waals surface area (Å²) < 4.78 is 0.703. The molecule has 6 nitrogen and oxygen atoms in total. The number of hydrogen-bond acceptors (Lipinski definition) is 4. The number of phenols is 1. The molecule has 2 N–H and O–H groups in total. The molecule has 1 fully saturated rings. The zero-order valence-electron chi connectivity index (χ0n) is 12.0. The highest BCUT2D eigenvalue weighted by atomic mass is 79.9. The largest absolute Gasteiger partial charge is 0.507 e. The molecular formula is C14H18BrN3O3. The fourth-order valence-electron chi connectivity index (χ4n) is 2.30. The van der Waals surface area contributed by atoms with Gasteiger partial charge in [-0.2, -0.15) is 0 Å². The molecule has 0 radical (unpaired) electrons. The molecule has 0 aliphatic carbocycles. The Balaban J connectivity index is 2.30. The Labute approximate surface area is 131 Å². The van der Waals surface area contributed by atoms with Crippen LogP contribution in [0.2, 0.25) is 0 Å². The quantitative estimate of drug-likeness (QED) is 0.817. The average Bonchev–Trinajstić information content (AvgIpc) is 2.48. The molecule has 0 saturated carbocycles. The molecule has 0 aromatic heterocycles. The summed E-state index contributed by atoms with van der Waals surface area (Å²) in [6, 6.07) is 4.13. The first-order chi connectivity index (χ1) is 9.91. The molecule has 1 saturated heterocycles. The zero-order valence-corrected chi connectivity index (χ0v) is 13.6. The molecular weight excluding hydrogens is 338 g/mol. The van der Waals surface area contributed by atoms with E-state index in [0.717, 1.165) is 0 Å². The number of halogens is 1. The number of benzene rings is 1. The van der Waals surface area contributed by atoms with Crippen LogP contribution in [0.15, 0.2) is 22.7 Å². The van der Waals surface area contributed by atoms with Crippen LogP contribution in [-0.2, 0) is 4.79 Å². The SMILES string of the molecule is CN(C)C(=O)C1CNCCN1C(=O)c1cc(Br)ccc1O. The lowest BCUT2D eigenvalue weighted by Gasteiger charge is -2.36. The van der Waals surface area contributed by atoms with Gasteiger partial charge in [-0.05, 0) is 18.2 Å². The Kier molecular flexibility index (Phi) is 4.84. The topological polar surface area (TPSA) is 72.9 Å². The van der Waals surface area contributed by atoms with Crippen LogP contribution in [-0.4, -0.2) is 66.5 Å². The van der Waals surface area contributed by atoms with E-state index in [1.807, 2.05) is 0 Å². The second-order valence-corrected chi connectivity index (χ2v) is 6.03. The fraction of sp³-hybridized carbons (Fsp3) is 0.429. The van der Waals surface area contributed by atoms with Gasteiger partial charge >= 0.3 is 0 Å². The van der Waals surface area contributed by atoms with Crippen molar-refractivity contribution in [1.29, 1.82) is 0 Å². The van der Waals surface area contributed by atoms with Crippen molar-refractivity contribution in [1.82, 2.24) is 15.1 Å². The molecule has 1 aliphatic heterocycles. The third-order valence-corrected chi connectivity index (χ3v) is 3.91. The Morgan fingerprint density at radius 1 is 1.43 bits per heavy atom. The van der Waals surface area contributed by atoms with Crippen molar-refractivity contribution in [3.8, 4) is 5.75 Å². The van der Waals surface area contributed by atoms with E-state index in [2.05, 4.69) is 21.2 Å². The van der Waals surface area contributed by atoms with E-state index >= 15 is 0 Å². The van der Waals surface area contributed by atoms with Crippen LogP contribution in [0.4, 0.5) is 0 Å². The maximum absolute atomic E-state index is 12.7. The highest BCUT2D eigenvalue weighted by molar-refractivity contribution is 9.10. The molecule has 1 aromatic rings. The molecule has 1 atom stereocenters. The van der Waals surface area contributed by atoms with Crippen LogP contribution >= 0.6 is 15.9 Å². The number of piperazine rings is 1. The minimum absolute atomic E-state index is 0.0854. The maximum Gasteiger partial charge on any atom is 0.258 e. The number of hydrogen-bond donors (Lipinski definition) is 2. The predicted molar refractivity (Wildman–Crippen MR) is 82.2 cm³/mol. The summed E-state index contributed by atoms with van der Waals surface area (Å²) in [5.41, 5.74) is 0.197. The number of phenolic OH excluding ortho intramolecular Hbond substituents is 1. The smallest absolute Gasteiger partial charge is 0.258 e. The van der Waals surface area contributed by atoms with Crippen molar-refractivity contribution in [2.75, 3.05) is 33.7 Å². The van der Waals surface area contributed by atoms with Gasteiger partial charge in [-0.1, -0.05) is 15.9 Å². The van der Waals surface area contributed by atoms with E-state index in [4.69, 9.17) is 0 Å². The molecule has 21 heavy (non-hydrogen) atoms. The van der Waals surface area contributed by atoms with Crippen molar-refractivity contribution in [2.45, 2.75) is 6.04 Å². The molecule has 0 bridgehead atoms. The number of rotatable bonds is 2. The molecule has 1 aliphatic rings. The lowest BCUT2D eigenvalue weighted by atomic mass is 10.1. The summed E-state index contributed by atoms with van der Waals surface area (Å²) in [4.78, 5) is 27.9. The lowest BCUT2D eigenvalue weighted by Crippen LogP contribution is -2.59. The molecule has 1 aromatic carbocycles. The van der Waals surface area contributed by atoms with Crippen molar-refractivity contribution in [2.24, 2.45) is 0 Å². The van der Waals surface area contributed by atoms with Gasteiger partial charge in [-0.3, -0.25) is 9.59 Å². The molecule has 114 valence electrons. The maximum atomic E-state index is 12.7. The number of carbonyl (C=O) groups is 2. The van der Waals surface area contributed by atoms with Crippen molar-refractivity contribution < 1.29 is 14.7 Å². The molecule has 0 spiro atoms. The zero-order chi connectivity index (χ0) is 15.6. The van der Waals surface area contributed by atoms with Crippen molar-refractivity contribution >= 4 is 27.7 Å². The van der Waals surface area contributed by atoms with Crippen LogP contribution in [0.1, 0.15) is 10.4 Å². The number of amides is 2. The molecule has 2 amide bonds. The van der Waals surface area contributed by atoms with E-state index in [0.29, 0.717) is 24.1 Å². The summed E-state index contributed by atoms with van der Waals surface area (Å²) in [5, 5.41) is 13.0. The van der Waals surface area contributed by atoms with Crippen LogP contribution in [0.25, 0.3) is 0 Å². The van der Waals surface area contributed by atoms with Gasteiger partial charge in [0, 0.05) is 38.2 Å². The van der Waals surface area contributed by atoms with E-state index in [1.54, 1.807) is 26.2 Å². The lowest BCUT2D eigenvalue weighted by molar-refractivity contribution is -0.134. The van der Waals surface area contributed by atoms with Crippen LogP contribution < -0.4 is 5.32 Å². The van der Waals surface area contributed by atoms with Crippen LogP contribution in [0, 0.1) is 0 Å². The van der Waals surface area contributed by atoms with Gasteiger partial charge in [0.25, 0.3) is 5.91 Å². The number of nitrogens with zero attached hydrogens (tertiary/aromatic N) is 2. The number of likely N-dealkylation sites (N-methyl/N-ethyl adjacent to an activating group) is 1. The first kappa shape index (κ1) is 15.8. The summed E-state index contributed by atoms with van der Waals surface area (Å²) in [6.07, 6.45) is 0. The number of carbonyl (C=O) groups excluding carboxylic acids is 2. The normalized spacial score (nSPS) is 18.4. The number of aromatic hydroxyl groups is 1. The van der Waals surface area contributed by atoms with Gasteiger partial charge in [-0.15, -0.1) is 0 Å². The highest BCUT2D eigenvalue weighted by Gasteiger charge is 2.34. The standard InChI is InChI=1S/C14H18BrN3O3/c1-17(2)14(21)11-8-16-5-6-18(11)13(20)10-7-9(15)3-4-12(10)19/h3-4,7,11,16,19H,5-6,8H2,1-2H3. The molecule has 2 rings (SSSR count). The van der Waals surface area contributed by atoms with Crippen molar-refractivity contribution in [3.05, 3.63) is 28.2 Å². The summed E-state index contributed by atoms with van der Waals surface area (Å²) in [5.74, 6) is -0.557. The van der Waals surface area contributed by atoms with Crippen LogP contribution in [0.5, 0.6) is 5.75 Å². The van der Waals surface area contributed by atoms with Gasteiger partial charge in [0.05, 0.1) is 5.56 Å². The van der Waals surface area contributed by atoms with E-state index < -0.39 is 6.04 Å². The minimum atomic E-state index is -0.556. The van der Waals surface area contributed by atoms with Gasteiger partial charge in [-0.25, -0.2) is 0 Å². The van der Waals surface area contributed by atoms with Gasteiger partial charge < -0.3 is 20.2 Å². The Bertz CT molecular complexity index is 562. The number of nitrogens with one attached hydrogen (secondary N) is 1. The van der Waals surface area contributed by atoms with Gasteiger partial charge in [0.15, 0.2) is 0 Å². The monoisotopic (exact) mass is 355 g/mol. The predicted octanol–water partition coefficient (Wildman–Crippen LogP) is 0.657. The Morgan fingerprint density at radius 2 is 2.14 bits per heavy atom. The second kappa shape index (κ2) is 6.44. The summed E-state index contributed by atoms with van der Waals surface area (Å²) in [6.45, 7) is 1.46. The van der Waals surface area contributed by atoms with Crippen LogP contribution in [0.3, 0.4) is 0 Å². The minimum Gasteiger partial charge on any atom is -0.507 e. The first-order valence-corrected chi connectivity index (χ1v) is 7.42. The third kappa shape index (κ3) is 3.36. The Hall–Kier alpha value is -1.60. The van der Waals surface area contributed by atoms with Gasteiger partial charge in [0.2, 0.25) is 5.91 Å². The molecule has 1 heterocycles. The third-order valence-electron chi connectivity index (χ3n) is 3.42. The fourth-order valence-corrected chi connectivity index (χ4v) is 2.66. The second-order valence-electron chi connectivity index (χ2n) is 5.11. The van der Waals surface area contributed by atoms with E-state index in [-0.39, 0.29) is 23.1 Å². The first-order valence-electron chi connectivity index (χ1n) is 6.63. The summed E-state index contributed by atoms with van der Waals surface area (Å²) >= 11 is 3.29. The Morgan fingerprint density at radius 3 is 2.81 bits per heavy atom. The van der Waals surface area contributed by atoms with E-state index in [1.165, 1.54) is 15.9 Å². The average molecular weight is 356 g/mol. The molecule has 7 heteroatoms. The van der Waals surface area contributed by atoms with E-state index in [9.17, 15) is 14.7 Å². The summed E-state index contributed by atoms with van der Waals surface area (Å²) in [7, 11) is 3.33. The van der Waals surface area contributed by atoms with Crippen molar-refractivity contribution in [3.63, 3.8) is 0 Å². The molecule has 1 unspecified atom stereocenters. The highest BCUT2D eigenvalue weighted by Crippen LogP contribution is 2.24.